The molecule has 0 N–H and O–H groups in total. The Kier molecular flexibility index (Phi) is 6.42. The molecule has 0 fully saturated rings. The zero-order chi connectivity index (χ0) is 20.4. The van der Waals surface area contributed by atoms with Crippen molar-refractivity contribution in [2.24, 2.45) is 0 Å². The van der Waals surface area contributed by atoms with Gasteiger partial charge in [0.15, 0.2) is 8.32 Å². The summed E-state index contributed by atoms with van der Waals surface area (Å²) < 4.78 is 11.9. The Hall–Kier alpha value is -1.50. The SMILES string of the molecule is CC(C)(C)[Si](C)(C)OCc1nnc(Cc2cnc(C3=CCCCC3)c(Cl)c2)o1. The summed E-state index contributed by atoms with van der Waals surface area (Å²) in [6.45, 7) is 11.4. The zero-order valence-electron chi connectivity index (χ0n) is 17.5. The summed E-state index contributed by atoms with van der Waals surface area (Å²) >= 11 is 6.49. The van der Waals surface area contributed by atoms with E-state index in [1.807, 2.05) is 12.3 Å². The van der Waals surface area contributed by atoms with Crippen molar-refractivity contribution < 1.29 is 8.84 Å². The van der Waals surface area contributed by atoms with Crippen LogP contribution >= 0.6 is 11.6 Å². The van der Waals surface area contributed by atoms with Crippen molar-refractivity contribution in [2.45, 2.75) is 77.6 Å². The molecule has 152 valence electrons. The molecule has 2 aromatic rings. The number of nitrogens with zero attached hydrogens (tertiary/aromatic N) is 3. The molecule has 0 saturated carbocycles. The summed E-state index contributed by atoms with van der Waals surface area (Å²) in [5.74, 6) is 1.07. The Bertz CT molecular complexity index is 856. The molecule has 0 radical (unpaired) electrons. The minimum atomic E-state index is -1.84. The van der Waals surface area contributed by atoms with Crippen molar-refractivity contribution in [1.29, 1.82) is 0 Å². The summed E-state index contributed by atoms with van der Waals surface area (Å²) in [4.78, 5) is 4.59. The minimum absolute atomic E-state index is 0.147. The van der Waals surface area contributed by atoms with Crippen LogP contribution in [0.1, 0.15) is 69.5 Å². The second-order valence-electron chi connectivity index (χ2n) is 8.96. The molecule has 0 unspecified atom stereocenters. The van der Waals surface area contributed by atoms with E-state index in [2.05, 4.69) is 55.1 Å². The lowest BCUT2D eigenvalue weighted by atomic mass is 9.96. The summed E-state index contributed by atoms with van der Waals surface area (Å²) in [6, 6.07) is 1.95. The van der Waals surface area contributed by atoms with Gasteiger partial charge in [-0.1, -0.05) is 38.4 Å². The standard InChI is InChI=1S/C21H30ClN3O2Si/c1-21(2,3)28(4,5)26-14-19-25-24-18(27-19)12-15-11-17(22)20(23-13-15)16-9-7-6-8-10-16/h9,11,13H,6-8,10,12,14H2,1-5H3. The van der Waals surface area contributed by atoms with Gasteiger partial charge < -0.3 is 8.84 Å². The molecule has 5 nitrogen and oxygen atoms in total. The van der Waals surface area contributed by atoms with E-state index >= 15 is 0 Å². The van der Waals surface area contributed by atoms with Crippen molar-refractivity contribution in [3.05, 3.63) is 46.4 Å². The minimum Gasteiger partial charge on any atom is -0.422 e. The quantitative estimate of drug-likeness (QED) is 0.522. The topological polar surface area (TPSA) is 61.0 Å². The van der Waals surface area contributed by atoms with Gasteiger partial charge in [0.1, 0.15) is 6.61 Å². The summed E-state index contributed by atoms with van der Waals surface area (Å²) in [5, 5.41) is 9.12. The van der Waals surface area contributed by atoms with Crippen LogP contribution in [0.25, 0.3) is 5.57 Å². The largest absolute Gasteiger partial charge is 0.422 e. The first-order valence-electron chi connectivity index (χ1n) is 9.95. The molecule has 0 saturated heterocycles. The van der Waals surface area contributed by atoms with Crippen LogP contribution in [0.2, 0.25) is 23.2 Å². The molecule has 1 aliphatic carbocycles. The Morgan fingerprint density at radius 3 is 2.57 bits per heavy atom. The van der Waals surface area contributed by atoms with E-state index in [9.17, 15) is 0 Å². The lowest BCUT2D eigenvalue weighted by Gasteiger charge is -2.35. The van der Waals surface area contributed by atoms with E-state index in [0.717, 1.165) is 24.1 Å². The first kappa shape index (κ1) is 21.2. The predicted octanol–water partition coefficient (Wildman–Crippen LogP) is 6.19. The molecular weight excluding hydrogens is 390 g/mol. The van der Waals surface area contributed by atoms with Gasteiger partial charge in [0, 0.05) is 6.20 Å². The van der Waals surface area contributed by atoms with Crippen LogP contribution in [0, 0.1) is 0 Å². The number of hydrogen-bond donors (Lipinski definition) is 0. The molecule has 2 aromatic heterocycles. The highest BCUT2D eigenvalue weighted by atomic mass is 35.5. The number of rotatable bonds is 6. The highest BCUT2D eigenvalue weighted by molar-refractivity contribution is 6.74. The highest BCUT2D eigenvalue weighted by Crippen LogP contribution is 2.37. The van der Waals surface area contributed by atoms with Crippen molar-refractivity contribution in [3.8, 4) is 0 Å². The highest BCUT2D eigenvalue weighted by Gasteiger charge is 2.37. The van der Waals surface area contributed by atoms with E-state index in [0.29, 0.717) is 29.8 Å². The molecule has 3 rings (SSSR count). The third kappa shape index (κ3) is 5.10. The molecule has 0 aromatic carbocycles. The van der Waals surface area contributed by atoms with Gasteiger partial charge in [-0.05, 0) is 61.0 Å². The van der Waals surface area contributed by atoms with E-state index in [-0.39, 0.29) is 5.04 Å². The maximum absolute atomic E-state index is 6.49. The molecule has 0 bridgehead atoms. The van der Waals surface area contributed by atoms with E-state index < -0.39 is 8.32 Å². The molecule has 28 heavy (non-hydrogen) atoms. The smallest absolute Gasteiger partial charge is 0.240 e. The Balaban J connectivity index is 1.63. The first-order valence-corrected chi connectivity index (χ1v) is 13.2. The second kappa shape index (κ2) is 8.47. The lowest BCUT2D eigenvalue weighted by molar-refractivity contribution is 0.237. The normalized spacial score (nSPS) is 15.6. The molecule has 0 aliphatic heterocycles. The van der Waals surface area contributed by atoms with Gasteiger partial charge in [-0.3, -0.25) is 4.98 Å². The fourth-order valence-electron chi connectivity index (χ4n) is 2.92. The maximum Gasteiger partial charge on any atom is 0.240 e. The van der Waals surface area contributed by atoms with Gasteiger partial charge in [-0.25, -0.2) is 0 Å². The predicted molar refractivity (Wildman–Crippen MR) is 115 cm³/mol. The van der Waals surface area contributed by atoms with Crippen LogP contribution in [0.3, 0.4) is 0 Å². The third-order valence-electron chi connectivity index (χ3n) is 5.72. The Morgan fingerprint density at radius 1 is 1.18 bits per heavy atom. The molecule has 7 heteroatoms. The van der Waals surface area contributed by atoms with Crippen LogP contribution < -0.4 is 0 Å². The van der Waals surface area contributed by atoms with Crippen molar-refractivity contribution in [1.82, 2.24) is 15.2 Å². The lowest BCUT2D eigenvalue weighted by Crippen LogP contribution is -2.40. The molecule has 1 aliphatic rings. The van der Waals surface area contributed by atoms with Crippen LogP contribution in [0.5, 0.6) is 0 Å². The molecule has 0 spiro atoms. The molecular formula is C21H30ClN3O2Si. The average Bonchev–Trinajstić information content (AvgIpc) is 3.07. The Morgan fingerprint density at radius 2 is 1.93 bits per heavy atom. The Labute approximate surface area is 173 Å². The van der Waals surface area contributed by atoms with Crippen molar-refractivity contribution in [3.63, 3.8) is 0 Å². The van der Waals surface area contributed by atoms with E-state index in [4.69, 9.17) is 20.4 Å². The monoisotopic (exact) mass is 419 g/mol. The van der Waals surface area contributed by atoms with Gasteiger partial charge >= 0.3 is 0 Å². The van der Waals surface area contributed by atoms with Crippen molar-refractivity contribution >= 4 is 25.5 Å². The van der Waals surface area contributed by atoms with E-state index in [1.165, 1.54) is 18.4 Å². The number of halogens is 1. The van der Waals surface area contributed by atoms with Gasteiger partial charge in [-0.15, -0.1) is 10.2 Å². The number of aromatic nitrogens is 3. The van der Waals surface area contributed by atoms with Crippen LogP contribution in [-0.4, -0.2) is 23.5 Å². The number of hydrogen-bond acceptors (Lipinski definition) is 5. The molecule has 0 amide bonds. The van der Waals surface area contributed by atoms with Crippen LogP contribution in [-0.2, 0) is 17.5 Å². The van der Waals surface area contributed by atoms with Gasteiger partial charge in [0.05, 0.1) is 17.1 Å². The van der Waals surface area contributed by atoms with Crippen molar-refractivity contribution in [2.75, 3.05) is 0 Å². The fourth-order valence-corrected chi connectivity index (χ4v) is 4.14. The second-order valence-corrected chi connectivity index (χ2v) is 14.2. The number of pyridine rings is 1. The first-order chi connectivity index (χ1) is 13.2. The molecule has 2 heterocycles. The maximum atomic E-state index is 6.49. The number of allylic oxidation sites excluding steroid dienone is 2. The van der Waals surface area contributed by atoms with Gasteiger partial charge in [0.25, 0.3) is 0 Å². The van der Waals surface area contributed by atoms with E-state index in [1.54, 1.807) is 0 Å². The third-order valence-corrected chi connectivity index (χ3v) is 10.5. The van der Waals surface area contributed by atoms with Crippen LogP contribution in [0.15, 0.2) is 22.8 Å². The average molecular weight is 420 g/mol. The summed E-state index contributed by atoms with van der Waals surface area (Å²) in [6.07, 6.45) is 9.23. The summed E-state index contributed by atoms with van der Waals surface area (Å²) in [5.41, 5.74) is 3.12. The fraction of sp³-hybridized carbons (Fsp3) is 0.571. The van der Waals surface area contributed by atoms with Gasteiger partial charge in [0.2, 0.25) is 11.8 Å². The zero-order valence-corrected chi connectivity index (χ0v) is 19.3. The molecule has 0 atom stereocenters. The summed E-state index contributed by atoms with van der Waals surface area (Å²) in [7, 11) is -1.84. The van der Waals surface area contributed by atoms with Crippen LogP contribution in [0.4, 0.5) is 0 Å². The van der Waals surface area contributed by atoms with Gasteiger partial charge in [-0.2, -0.15) is 0 Å².